The van der Waals surface area contributed by atoms with Crippen LogP contribution in [0, 0.1) is 0 Å². The van der Waals surface area contributed by atoms with Gasteiger partial charge < -0.3 is 23.5 Å². The molecule has 2 aromatic carbocycles. The second kappa shape index (κ2) is 9.35. The lowest BCUT2D eigenvalue weighted by Crippen LogP contribution is -2.30. The van der Waals surface area contributed by atoms with Crippen LogP contribution >= 0.6 is 0 Å². The molecule has 0 fully saturated rings. The van der Waals surface area contributed by atoms with Crippen LogP contribution < -0.4 is 18.9 Å². The number of nitrogens with zero attached hydrogens (tertiary/aromatic N) is 2. The van der Waals surface area contributed by atoms with Gasteiger partial charge in [0.2, 0.25) is 0 Å². The molecule has 1 aliphatic rings. The number of hydrogen-bond acceptors (Lipinski definition) is 5. The van der Waals surface area contributed by atoms with Crippen molar-refractivity contribution >= 4 is 0 Å². The van der Waals surface area contributed by atoms with E-state index in [9.17, 15) is 0 Å². The molecule has 1 atom stereocenters. The van der Waals surface area contributed by atoms with Crippen molar-refractivity contribution < 1.29 is 18.9 Å². The van der Waals surface area contributed by atoms with Crippen LogP contribution in [-0.2, 0) is 13.1 Å². The number of ether oxygens (including phenoxy) is 4. The molecule has 0 spiro atoms. The summed E-state index contributed by atoms with van der Waals surface area (Å²) in [6.07, 6.45) is 3.23. The minimum atomic E-state index is 0.0464. The van der Waals surface area contributed by atoms with Gasteiger partial charge in [0.15, 0.2) is 0 Å². The van der Waals surface area contributed by atoms with E-state index >= 15 is 0 Å². The van der Waals surface area contributed by atoms with Gasteiger partial charge in [-0.1, -0.05) is 6.07 Å². The van der Waals surface area contributed by atoms with E-state index < -0.39 is 0 Å². The highest BCUT2D eigenvalue weighted by molar-refractivity contribution is 5.46. The van der Waals surface area contributed by atoms with E-state index in [1.807, 2.05) is 24.3 Å². The molecule has 0 amide bonds. The highest BCUT2D eigenvalue weighted by Gasteiger charge is 2.30. The lowest BCUT2D eigenvalue weighted by atomic mass is 9.99. The third kappa shape index (κ3) is 4.21. The van der Waals surface area contributed by atoms with E-state index in [0.29, 0.717) is 0 Å². The van der Waals surface area contributed by atoms with Gasteiger partial charge in [-0.3, -0.25) is 4.90 Å². The van der Waals surface area contributed by atoms with E-state index in [1.165, 1.54) is 5.69 Å². The molecule has 4 rings (SSSR count). The Morgan fingerprint density at radius 1 is 0.806 bits per heavy atom. The summed E-state index contributed by atoms with van der Waals surface area (Å²) in [5.41, 5.74) is 3.51. The highest BCUT2D eigenvalue weighted by Crippen LogP contribution is 2.40. The van der Waals surface area contributed by atoms with Gasteiger partial charge in [0.25, 0.3) is 0 Å². The number of aromatic nitrogens is 1. The lowest BCUT2D eigenvalue weighted by molar-refractivity contribution is 0.213. The summed E-state index contributed by atoms with van der Waals surface area (Å²) in [6.45, 7) is 2.70. The minimum absolute atomic E-state index is 0.0464. The van der Waals surface area contributed by atoms with Gasteiger partial charge in [0.1, 0.15) is 23.0 Å². The first kappa shape index (κ1) is 21.1. The number of aryl methyl sites for hydroxylation is 1. The van der Waals surface area contributed by atoms with Crippen LogP contribution in [0.1, 0.15) is 29.3 Å². The van der Waals surface area contributed by atoms with Gasteiger partial charge in [-0.25, -0.2) is 0 Å². The van der Waals surface area contributed by atoms with Crippen LogP contribution in [0.25, 0.3) is 0 Å². The van der Waals surface area contributed by atoms with Crippen molar-refractivity contribution in [2.75, 3.05) is 35.0 Å². The average molecular weight is 423 g/mol. The van der Waals surface area contributed by atoms with Crippen LogP contribution in [0.4, 0.5) is 0 Å². The van der Waals surface area contributed by atoms with Crippen molar-refractivity contribution in [3.8, 4) is 23.0 Å². The maximum absolute atomic E-state index is 5.79. The molecule has 1 aliphatic heterocycles. The lowest BCUT2D eigenvalue weighted by Gasteiger charge is -2.32. The Morgan fingerprint density at radius 2 is 1.52 bits per heavy atom. The summed E-state index contributed by atoms with van der Waals surface area (Å²) in [4.78, 5) is 2.49. The van der Waals surface area contributed by atoms with Crippen LogP contribution in [0.2, 0.25) is 0 Å². The predicted molar refractivity (Wildman–Crippen MR) is 120 cm³/mol. The number of methoxy groups -OCH3 is 4. The van der Waals surface area contributed by atoms with Crippen LogP contribution in [0.3, 0.4) is 0 Å². The van der Waals surface area contributed by atoms with E-state index in [2.05, 4.69) is 39.9 Å². The SMILES string of the molecule is COc1ccc(CN2CCCn3cccc3C2c2ccc(OC)cc2OC)c(OC)c1. The van der Waals surface area contributed by atoms with E-state index in [0.717, 1.165) is 60.2 Å². The average Bonchev–Trinajstić information content (AvgIpc) is 3.20. The standard InChI is InChI=1S/C25H30N2O4/c1-28-19-9-8-18(23(15-19)30-3)17-27-14-6-13-26-12-5-7-22(26)25(27)21-11-10-20(29-2)16-24(21)31-4/h5,7-12,15-16,25H,6,13-14,17H2,1-4H3. The van der Waals surface area contributed by atoms with Gasteiger partial charge in [0.05, 0.1) is 34.5 Å². The predicted octanol–water partition coefficient (Wildman–Crippen LogP) is 4.52. The summed E-state index contributed by atoms with van der Waals surface area (Å²) < 4.78 is 24.6. The molecule has 6 heteroatoms. The van der Waals surface area contributed by atoms with Crippen molar-refractivity contribution in [3.63, 3.8) is 0 Å². The molecule has 6 nitrogen and oxygen atoms in total. The van der Waals surface area contributed by atoms with Crippen LogP contribution in [0.15, 0.2) is 54.7 Å². The van der Waals surface area contributed by atoms with E-state index in [-0.39, 0.29) is 6.04 Å². The third-order valence-electron chi connectivity index (χ3n) is 5.96. The first-order valence-corrected chi connectivity index (χ1v) is 10.5. The fourth-order valence-corrected chi connectivity index (χ4v) is 4.41. The van der Waals surface area contributed by atoms with E-state index in [4.69, 9.17) is 18.9 Å². The molecular weight excluding hydrogens is 392 g/mol. The second-order valence-electron chi connectivity index (χ2n) is 7.64. The molecule has 0 aliphatic carbocycles. The number of rotatable bonds is 7. The largest absolute Gasteiger partial charge is 0.497 e. The quantitative estimate of drug-likeness (QED) is 0.560. The summed E-state index contributed by atoms with van der Waals surface area (Å²) in [7, 11) is 6.76. The molecule has 1 unspecified atom stereocenters. The van der Waals surface area contributed by atoms with Crippen LogP contribution in [0.5, 0.6) is 23.0 Å². The monoisotopic (exact) mass is 422 g/mol. The number of hydrogen-bond donors (Lipinski definition) is 0. The van der Waals surface area contributed by atoms with Crippen molar-refractivity contribution in [2.45, 2.75) is 25.6 Å². The Balaban J connectivity index is 1.78. The van der Waals surface area contributed by atoms with Crippen molar-refractivity contribution in [2.24, 2.45) is 0 Å². The number of benzene rings is 2. The topological polar surface area (TPSA) is 45.1 Å². The summed E-state index contributed by atoms with van der Waals surface area (Å²) in [5.74, 6) is 3.23. The Labute approximate surface area is 183 Å². The molecule has 0 saturated carbocycles. The van der Waals surface area contributed by atoms with Gasteiger partial charge >= 0.3 is 0 Å². The van der Waals surface area contributed by atoms with Crippen molar-refractivity contribution in [3.05, 3.63) is 71.5 Å². The maximum Gasteiger partial charge on any atom is 0.127 e. The third-order valence-corrected chi connectivity index (χ3v) is 5.96. The fourth-order valence-electron chi connectivity index (χ4n) is 4.41. The Kier molecular flexibility index (Phi) is 6.37. The fraction of sp³-hybridized carbons (Fsp3) is 0.360. The van der Waals surface area contributed by atoms with Gasteiger partial charge in [-0.15, -0.1) is 0 Å². The molecule has 3 aromatic rings. The zero-order valence-electron chi connectivity index (χ0n) is 18.6. The van der Waals surface area contributed by atoms with Crippen molar-refractivity contribution in [1.82, 2.24) is 9.47 Å². The Morgan fingerprint density at radius 3 is 2.23 bits per heavy atom. The van der Waals surface area contributed by atoms with E-state index in [1.54, 1.807) is 28.4 Å². The molecule has 0 N–H and O–H groups in total. The van der Waals surface area contributed by atoms with Crippen molar-refractivity contribution in [1.29, 1.82) is 0 Å². The zero-order chi connectivity index (χ0) is 21.8. The molecule has 0 saturated heterocycles. The Hall–Kier alpha value is -3.12. The molecule has 164 valence electrons. The minimum Gasteiger partial charge on any atom is -0.497 e. The Bertz CT molecular complexity index is 1030. The smallest absolute Gasteiger partial charge is 0.127 e. The molecule has 31 heavy (non-hydrogen) atoms. The van der Waals surface area contributed by atoms with Gasteiger partial charge in [-0.05, 0) is 36.8 Å². The van der Waals surface area contributed by atoms with Crippen LogP contribution in [-0.4, -0.2) is 44.5 Å². The molecule has 0 radical (unpaired) electrons. The first-order valence-electron chi connectivity index (χ1n) is 10.5. The maximum atomic E-state index is 5.79. The number of fused-ring (bicyclic) bond motifs is 1. The summed E-state index contributed by atoms with van der Waals surface area (Å²) in [5, 5.41) is 0. The zero-order valence-corrected chi connectivity index (χ0v) is 18.6. The first-order chi connectivity index (χ1) is 15.2. The second-order valence-corrected chi connectivity index (χ2v) is 7.64. The highest BCUT2D eigenvalue weighted by atomic mass is 16.5. The summed E-state index contributed by atoms with van der Waals surface area (Å²) in [6, 6.07) is 16.5. The normalized spacial score (nSPS) is 16.3. The van der Waals surface area contributed by atoms with Gasteiger partial charge in [0, 0.05) is 54.8 Å². The molecule has 1 aromatic heterocycles. The summed E-state index contributed by atoms with van der Waals surface area (Å²) >= 11 is 0. The molecule has 2 heterocycles. The van der Waals surface area contributed by atoms with Gasteiger partial charge in [-0.2, -0.15) is 0 Å². The molecular formula is C25H30N2O4. The molecule has 0 bridgehead atoms.